The standard InChI is InChI=1S/C10H10N4O2/c1-16-10-6(3-2-4-12-10)7-5-8(9(11)15)14-13-7/h2-5H,1H3,(H2,11,15)(H,13,14). The molecule has 0 spiro atoms. The maximum Gasteiger partial charge on any atom is 0.266 e. The van der Waals surface area contributed by atoms with Crippen molar-refractivity contribution in [2.24, 2.45) is 5.73 Å². The van der Waals surface area contributed by atoms with Crippen LogP contribution in [0.1, 0.15) is 10.5 Å². The van der Waals surface area contributed by atoms with E-state index in [2.05, 4.69) is 15.2 Å². The molecule has 16 heavy (non-hydrogen) atoms. The molecule has 0 aromatic carbocycles. The molecule has 82 valence electrons. The minimum Gasteiger partial charge on any atom is -0.481 e. The fourth-order valence-corrected chi connectivity index (χ4v) is 1.33. The zero-order valence-electron chi connectivity index (χ0n) is 8.60. The lowest BCUT2D eigenvalue weighted by Crippen LogP contribution is -2.10. The van der Waals surface area contributed by atoms with Gasteiger partial charge in [0.15, 0.2) is 0 Å². The number of aromatic nitrogens is 3. The van der Waals surface area contributed by atoms with Crippen LogP contribution in [-0.2, 0) is 0 Å². The first-order valence-corrected chi connectivity index (χ1v) is 4.57. The molecule has 2 aromatic rings. The van der Waals surface area contributed by atoms with Gasteiger partial charge in [-0.2, -0.15) is 5.10 Å². The first-order valence-electron chi connectivity index (χ1n) is 4.57. The van der Waals surface area contributed by atoms with Crippen molar-refractivity contribution in [3.8, 4) is 17.1 Å². The van der Waals surface area contributed by atoms with Gasteiger partial charge in [-0.05, 0) is 18.2 Å². The fraction of sp³-hybridized carbons (Fsp3) is 0.100. The van der Waals surface area contributed by atoms with Crippen LogP contribution < -0.4 is 10.5 Å². The molecule has 0 bridgehead atoms. The quantitative estimate of drug-likeness (QED) is 0.787. The van der Waals surface area contributed by atoms with Crippen molar-refractivity contribution >= 4 is 5.91 Å². The Balaban J connectivity index is 2.46. The van der Waals surface area contributed by atoms with Gasteiger partial charge in [-0.15, -0.1) is 0 Å². The first-order chi connectivity index (χ1) is 7.72. The summed E-state index contributed by atoms with van der Waals surface area (Å²) in [6.45, 7) is 0. The number of hydrogen-bond donors (Lipinski definition) is 2. The van der Waals surface area contributed by atoms with Gasteiger partial charge in [0.2, 0.25) is 5.88 Å². The molecule has 0 unspecified atom stereocenters. The van der Waals surface area contributed by atoms with Gasteiger partial charge in [-0.3, -0.25) is 9.89 Å². The van der Waals surface area contributed by atoms with Gasteiger partial charge in [-0.1, -0.05) is 0 Å². The SMILES string of the molecule is COc1ncccc1-c1cc(C(N)=O)[nH]n1. The Kier molecular flexibility index (Phi) is 2.55. The van der Waals surface area contributed by atoms with Gasteiger partial charge in [0.1, 0.15) is 5.69 Å². The Labute approximate surface area is 91.5 Å². The van der Waals surface area contributed by atoms with Crippen LogP contribution in [0.4, 0.5) is 0 Å². The van der Waals surface area contributed by atoms with E-state index in [-0.39, 0.29) is 5.69 Å². The van der Waals surface area contributed by atoms with E-state index >= 15 is 0 Å². The van der Waals surface area contributed by atoms with Crippen molar-refractivity contribution in [2.45, 2.75) is 0 Å². The Morgan fingerprint density at radius 1 is 1.56 bits per heavy atom. The average Bonchev–Trinajstić information content (AvgIpc) is 2.78. The topological polar surface area (TPSA) is 93.9 Å². The summed E-state index contributed by atoms with van der Waals surface area (Å²) >= 11 is 0. The van der Waals surface area contributed by atoms with E-state index in [0.717, 1.165) is 0 Å². The molecular weight excluding hydrogens is 208 g/mol. The Hall–Kier alpha value is -2.37. The minimum absolute atomic E-state index is 0.251. The number of nitrogens with one attached hydrogen (secondary N) is 1. The van der Waals surface area contributed by atoms with Crippen molar-refractivity contribution in [1.29, 1.82) is 0 Å². The van der Waals surface area contributed by atoms with E-state index in [1.165, 1.54) is 7.11 Å². The lowest BCUT2D eigenvalue weighted by atomic mass is 10.2. The third-order valence-corrected chi connectivity index (χ3v) is 2.08. The summed E-state index contributed by atoms with van der Waals surface area (Å²) < 4.78 is 5.09. The van der Waals surface area contributed by atoms with Crippen molar-refractivity contribution < 1.29 is 9.53 Å². The number of H-pyrrole nitrogens is 1. The highest BCUT2D eigenvalue weighted by Crippen LogP contribution is 2.25. The molecule has 1 amide bonds. The molecule has 0 fully saturated rings. The third-order valence-electron chi connectivity index (χ3n) is 2.08. The molecule has 0 radical (unpaired) electrons. The number of rotatable bonds is 3. The summed E-state index contributed by atoms with van der Waals surface area (Å²) in [7, 11) is 1.52. The minimum atomic E-state index is -0.554. The number of hydrogen-bond acceptors (Lipinski definition) is 4. The lowest BCUT2D eigenvalue weighted by molar-refractivity contribution is 0.0995. The largest absolute Gasteiger partial charge is 0.481 e. The van der Waals surface area contributed by atoms with Crippen LogP contribution in [-0.4, -0.2) is 28.2 Å². The number of amides is 1. The van der Waals surface area contributed by atoms with Crippen molar-refractivity contribution in [3.05, 3.63) is 30.1 Å². The normalized spacial score (nSPS) is 10.1. The molecule has 2 aromatic heterocycles. The molecule has 0 aliphatic rings. The second kappa shape index (κ2) is 4.01. The summed E-state index contributed by atoms with van der Waals surface area (Å²) in [4.78, 5) is 14.9. The second-order valence-electron chi connectivity index (χ2n) is 3.09. The summed E-state index contributed by atoms with van der Waals surface area (Å²) in [5.74, 6) is -0.105. The molecule has 6 heteroatoms. The molecule has 6 nitrogen and oxygen atoms in total. The summed E-state index contributed by atoms with van der Waals surface area (Å²) in [5.41, 5.74) is 6.64. The van der Waals surface area contributed by atoms with E-state index in [0.29, 0.717) is 17.1 Å². The van der Waals surface area contributed by atoms with E-state index in [1.807, 2.05) is 0 Å². The molecule has 2 rings (SSSR count). The number of nitrogens with two attached hydrogens (primary N) is 1. The van der Waals surface area contributed by atoms with Crippen molar-refractivity contribution in [3.63, 3.8) is 0 Å². The van der Waals surface area contributed by atoms with E-state index in [1.54, 1.807) is 24.4 Å². The van der Waals surface area contributed by atoms with Crippen LogP contribution in [0.25, 0.3) is 11.3 Å². The maximum atomic E-state index is 10.9. The van der Waals surface area contributed by atoms with Crippen LogP contribution in [0.15, 0.2) is 24.4 Å². The number of primary amides is 1. The molecule has 0 saturated heterocycles. The molecule has 0 aliphatic heterocycles. The molecule has 2 heterocycles. The summed E-state index contributed by atoms with van der Waals surface area (Å²) in [6, 6.07) is 5.12. The summed E-state index contributed by atoms with van der Waals surface area (Å²) in [6.07, 6.45) is 1.62. The number of methoxy groups -OCH3 is 1. The highest BCUT2D eigenvalue weighted by molar-refractivity contribution is 5.92. The Morgan fingerprint density at radius 2 is 2.38 bits per heavy atom. The monoisotopic (exact) mass is 218 g/mol. The molecule has 0 saturated carbocycles. The van der Waals surface area contributed by atoms with Gasteiger partial charge in [0, 0.05) is 6.20 Å². The second-order valence-corrected chi connectivity index (χ2v) is 3.09. The Morgan fingerprint density at radius 3 is 3.00 bits per heavy atom. The van der Waals surface area contributed by atoms with Crippen LogP contribution in [0, 0.1) is 0 Å². The number of nitrogens with zero attached hydrogens (tertiary/aromatic N) is 2. The predicted molar refractivity (Wildman–Crippen MR) is 56.9 cm³/mol. The first kappa shape index (κ1) is 10.2. The predicted octanol–water partition coefficient (Wildman–Crippen LogP) is 0.579. The highest BCUT2D eigenvalue weighted by atomic mass is 16.5. The van der Waals surface area contributed by atoms with E-state index < -0.39 is 5.91 Å². The average molecular weight is 218 g/mol. The molecule has 3 N–H and O–H groups in total. The number of pyridine rings is 1. The van der Waals surface area contributed by atoms with Gasteiger partial charge in [0.25, 0.3) is 5.91 Å². The lowest BCUT2D eigenvalue weighted by Gasteiger charge is -2.02. The number of ether oxygens (including phenoxy) is 1. The molecule has 0 atom stereocenters. The third kappa shape index (κ3) is 1.72. The van der Waals surface area contributed by atoms with Gasteiger partial charge in [-0.25, -0.2) is 4.98 Å². The van der Waals surface area contributed by atoms with Crippen LogP contribution in [0.2, 0.25) is 0 Å². The van der Waals surface area contributed by atoms with E-state index in [4.69, 9.17) is 10.5 Å². The van der Waals surface area contributed by atoms with Gasteiger partial charge >= 0.3 is 0 Å². The zero-order valence-corrected chi connectivity index (χ0v) is 8.60. The van der Waals surface area contributed by atoms with Crippen LogP contribution >= 0.6 is 0 Å². The highest BCUT2D eigenvalue weighted by Gasteiger charge is 2.11. The number of carbonyl (C=O) groups excluding carboxylic acids is 1. The van der Waals surface area contributed by atoms with Crippen molar-refractivity contribution in [2.75, 3.05) is 7.11 Å². The number of aromatic amines is 1. The zero-order chi connectivity index (χ0) is 11.5. The van der Waals surface area contributed by atoms with Crippen molar-refractivity contribution in [1.82, 2.24) is 15.2 Å². The smallest absolute Gasteiger partial charge is 0.266 e. The Bertz CT molecular complexity index is 521. The fourth-order valence-electron chi connectivity index (χ4n) is 1.33. The van der Waals surface area contributed by atoms with Gasteiger partial charge in [0.05, 0.1) is 18.4 Å². The van der Waals surface area contributed by atoms with Gasteiger partial charge < -0.3 is 10.5 Å². The van der Waals surface area contributed by atoms with Crippen LogP contribution in [0.5, 0.6) is 5.88 Å². The van der Waals surface area contributed by atoms with E-state index in [9.17, 15) is 4.79 Å². The molecule has 0 aliphatic carbocycles. The number of carbonyl (C=O) groups is 1. The maximum absolute atomic E-state index is 10.9. The summed E-state index contributed by atoms with van der Waals surface area (Å²) in [5, 5.41) is 6.52. The van der Waals surface area contributed by atoms with Crippen LogP contribution in [0.3, 0.4) is 0 Å². The molecular formula is C10H10N4O2.